The van der Waals surface area contributed by atoms with Gasteiger partial charge in [-0.3, -0.25) is 9.59 Å². The van der Waals surface area contributed by atoms with E-state index in [9.17, 15) is 22.8 Å². The summed E-state index contributed by atoms with van der Waals surface area (Å²) in [5, 5.41) is 0. The highest BCUT2D eigenvalue weighted by Crippen LogP contribution is 2.48. The molecule has 2 saturated heterocycles. The van der Waals surface area contributed by atoms with Gasteiger partial charge in [-0.1, -0.05) is 64.1 Å². The highest BCUT2D eigenvalue weighted by Gasteiger charge is 2.50. The molecule has 4 aliphatic rings. The number of rotatable bonds is 7. The Hall–Kier alpha value is -2.09. The average molecular weight is 584 g/mol. The molecular formula is C33H56F3N3O2. The Balaban J connectivity index is 0.000000358. The van der Waals surface area contributed by atoms with Crippen LogP contribution in [0.1, 0.15) is 105 Å². The Morgan fingerprint density at radius 3 is 1.85 bits per heavy atom. The minimum Gasteiger partial charge on any atom is -0.343 e. The van der Waals surface area contributed by atoms with Crippen molar-refractivity contribution in [2.75, 3.05) is 26.7 Å². The van der Waals surface area contributed by atoms with Gasteiger partial charge in [0.15, 0.2) is 0 Å². The van der Waals surface area contributed by atoms with Crippen LogP contribution in [-0.4, -0.2) is 77.5 Å². The highest BCUT2D eigenvalue weighted by molar-refractivity contribution is 5.76. The summed E-state index contributed by atoms with van der Waals surface area (Å²) >= 11 is 0. The largest absolute Gasteiger partial charge is 0.391 e. The molecule has 4 fully saturated rings. The lowest BCUT2D eigenvalue weighted by Gasteiger charge is -2.44. The van der Waals surface area contributed by atoms with Crippen LogP contribution in [0.2, 0.25) is 0 Å². The second-order valence-electron chi connectivity index (χ2n) is 11.1. The lowest BCUT2D eigenvalue weighted by Crippen LogP contribution is -2.50. The molecule has 2 aliphatic heterocycles. The van der Waals surface area contributed by atoms with Crippen molar-refractivity contribution >= 4 is 12.3 Å². The van der Waals surface area contributed by atoms with E-state index in [0.717, 1.165) is 51.7 Å². The first-order valence-corrected chi connectivity index (χ1v) is 15.9. The first-order chi connectivity index (χ1) is 19.7. The summed E-state index contributed by atoms with van der Waals surface area (Å²) < 4.78 is 37.6. The first-order valence-electron chi connectivity index (χ1n) is 15.9. The number of likely N-dealkylation sites (tertiary alicyclic amines) is 2. The van der Waals surface area contributed by atoms with Gasteiger partial charge in [0.25, 0.3) is 0 Å². The van der Waals surface area contributed by atoms with Crippen LogP contribution in [0, 0.1) is 5.92 Å². The molecule has 41 heavy (non-hydrogen) atoms. The Labute approximate surface area is 247 Å². The monoisotopic (exact) mass is 583 g/mol. The molecule has 1 aromatic rings. The number of hydrogen-bond acceptors (Lipinski definition) is 3. The summed E-state index contributed by atoms with van der Waals surface area (Å²) in [5.41, 5.74) is 0.377. The van der Waals surface area contributed by atoms with Crippen LogP contribution in [0.15, 0.2) is 36.4 Å². The van der Waals surface area contributed by atoms with Crippen LogP contribution < -0.4 is 0 Å². The number of carbonyl (C=O) groups is 2. The predicted octanol–water partition coefficient (Wildman–Crippen LogP) is 7.95. The van der Waals surface area contributed by atoms with Crippen LogP contribution in [0.3, 0.4) is 0 Å². The number of nitrogens with zero attached hydrogens (tertiary/aromatic N) is 3. The number of alkyl halides is 3. The Morgan fingerprint density at radius 2 is 1.44 bits per heavy atom. The van der Waals surface area contributed by atoms with Crippen LogP contribution >= 0.6 is 0 Å². The van der Waals surface area contributed by atoms with Crippen LogP contribution in [0.4, 0.5) is 13.2 Å². The smallest absolute Gasteiger partial charge is 0.343 e. The molecule has 0 radical (unpaired) electrons. The fourth-order valence-corrected chi connectivity index (χ4v) is 5.61. The van der Waals surface area contributed by atoms with Gasteiger partial charge >= 0.3 is 6.18 Å². The van der Waals surface area contributed by atoms with Crippen molar-refractivity contribution in [3.8, 4) is 0 Å². The molecule has 1 spiro atoms. The van der Waals surface area contributed by atoms with Crippen molar-refractivity contribution in [3.05, 3.63) is 36.4 Å². The lowest BCUT2D eigenvalue weighted by atomic mass is 9.78. The Bertz CT molecular complexity index is 794. The molecule has 0 aromatic heterocycles. The van der Waals surface area contributed by atoms with E-state index in [1.54, 1.807) is 0 Å². The Morgan fingerprint density at radius 1 is 0.927 bits per heavy atom. The van der Waals surface area contributed by atoms with Gasteiger partial charge in [0, 0.05) is 43.7 Å². The van der Waals surface area contributed by atoms with E-state index >= 15 is 0 Å². The van der Waals surface area contributed by atoms with Crippen LogP contribution in [0.25, 0.3) is 0 Å². The molecule has 0 bridgehead atoms. The van der Waals surface area contributed by atoms with E-state index in [2.05, 4.69) is 4.90 Å². The zero-order chi connectivity index (χ0) is 30.9. The maximum Gasteiger partial charge on any atom is 0.391 e. The standard InChI is InChI=1S/C16H27F3N2O.C7H11NO.C6H6.2C2H6/c1-12(6-5-7-15(22)21-8-3-4-9-21)20(2)14-10-13(11-14)16(17,18)19;9-6-8-5-1-2-7(8)3-4-7;1-2-4-6-5-3-1;2*1-2/h12-14H,3-11H2,1-2H3;6H,1-5H2;1-6H;2*1-2H3. The maximum absolute atomic E-state index is 12.5. The molecule has 2 amide bonds. The molecule has 2 heterocycles. The number of halogens is 3. The third kappa shape index (κ3) is 12.4. The summed E-state index contributed by atoms with van der Waals surface area (Å²) in [6, 6.07) is 12.3. The van der Waals surface area contributed by atoms with Gasteiger partial charge in [0.05, 0.1) is 5.92 Å². The topological polar surface area (TPSA) is 43.9 Å². The van der Waals surface area contributed by atoms with Gasteiger partial charge < -0.3 is 14.7 Å². The summed E-state index contributed by atoms with van der Waals surface area (Å²) in [4.78, 5) is 28.3. The minimum atomic E-state index is -4.04. The quantitative estimate of drug-likeness (QED) is 0.306. The van der Waals surface area contributed by atoms with E-state index in [1.807, 2.05) is 87.9 Å². The molecule has 1 atom stereocenters. The summed E-state index contributed by atoms with van der Waals surface area (Å²) in [5.74, 6) is -0.892. The molecule has 2 aliphatic carbocycles. The molecule has 1 unspecified atom stereocenters. The predicted molar refractivity (Wildman–Crippen MR) is 163 cm³/mol. The van der Waals surface area contributed by atoms with Gasteiger partial charge in [0.2, 0.25) is 12.3 Å². The van der Waals surface area contributed by atoms with Crippen molar-refractivity contribution in [1.29, 1.82) is 0 Å². The maximum atomic E-state index is 12.5. The molecule has 2 saturated carbocycles. The third-order valence-electron chi connectivity index (χ3n) is 8.59. The zero-order valence-corrected chi connectivity index (χ0v) is 26.5. The highest BCUT2D eigenvalue weighted by atomic mass is 19.4. The van der Waals surface area contributed by atoms with Crippen LogP contribution in [-0.2, 0) is 9.59 Å². The van der Waals surface area contributed by atoms with Crippen LogP contribution in [0.5, 0.6) is 0 Å². The van der Waals surface area contributed by atoms with E-state index < -0.39 is 12.1 Å². The molecule has 236 valence electrons. The summed E-state index contributed by atoms with van der Waals surface area (Å²) in [6.45, 7) is 12.8. The number of amides is 2. The lowest BCUT2D eigenvalue weighted by molar-refractivity contribution is -0.207. The minimum absolute atomic E-state index is 0.0379. The molecule has 8 heteroatoms. The average Bonchev–Trinajstić information content (AvgIpc) is 3.34. The molecule has 5 rings (SSSR count). The van der Waals surface area contributed by atoms with E-state index in [1.165, 1.54) is 25.7 Å². The number of hydrogen-bond donors (Lipinski definition) is 0. The fourth-order valence-electron chi connectivity index (χ4n) is 5.61. The van der Waals surface area contributed by atoms with Crippen molar-refractivity contribution in [3.63, 3.8) is 0 Å². The van der Waals surface area contributed by atoms with E-state index in [-0.39, 0.29) is 30.8 Å². The second kappa shape index (κ2) is 19.2. The SMILES string of the molecule is CC.CC.CC(CCCC(=O)N1CCCC1)N(C)C1CC(C(F)(F)F)C1.O=CN1CCCC12CC2.c1ccccc1. The third-order valence-corrected chi connectivity index (χ3v) is 8.59. The second-order valence-corrected chi connectivity index (χ2v) is 11.1. The van der Waals surface area contributed by atoms with Gasteiger partial charge in [0.1, 0.15) is 0 Å². The normalized spacial score (nSPS) is 22.4. The van der Waals surface area contributed by atoms with Crippen molar-refractivity contribution < 1.29 is 22.8 Å². The Kier molecular flexibility index (Phi) is 17.3. The van der Waals surface area contributed by atoms with E-state index in [0.29, 0.717) is 12.0 Å². The molecule has 1 aromatic carbocycles. The first kappa shape index (κ1) is 36.9. The van der Waals surface area contributed by atoms with Gasteiger partial charge in [-0.15, -0.1) is 0 Å². The molecular weight excluding hydrogens is 527 g/mol. The van der Waals surface area contributed by atoms with E-state index in [4.69, 9.17) is 0 Å². The zero-order valence-electron chi connectivity index (χ0n) is 26.5. The fraction of sp³-hybridized carbons (Fsp3) is 0.758. The summed E-state index contributed by atoms with van der Waals surface area (Å²) in [6.07, 6.45) is 6.85. The molecule has 5 nitrogen and oxygen atoms in total. The van der Waals surface area contributed by atoms with Gasteiger partial charge in [-0.2, -0.15) is 13.2 Å². The van der Waals surface area contributed by atoms with Crippen molar-refractivity contribution in [1.82, 2.24) is 14.7 Å². The number of carbonyl (C=O) groups excluding carboxylic acids is 2. The summed E-state index contributed by atoms with van der Waals surface area (Å²) in [7, 11) is 1.91. The van der Waals surface area contributed by atoms with Gasteiger partial charge in [-0.25, -0.2) is 0 Å². The van der Waals surface area contributed by atoms with Crippen molar-refractivity contribution in [2.24, 2.45) is 5.92 Å². The number of benzene rings is 1. The molecule has 0 N–H and O–H groups in total. The van der Waals surface area contributed by atoms with Crippen molar-refractivity contribution in [2.45, 2.75) is 129 Å². The van der Waals surface area contributed by atoms with Gasteiger partial charge in [-0.05, 0) is 78.2 Å².